The molecule has 0 bridgehead atoms. The van der Waals surface area contributed by atoms with E-state index in [9.17, 15) is 18.7 Å². The number of phenolic OH excluding ortho intramolecular Hbond substituents is 1. The van der Waals surface area contributed by atoms with Gasteiger partial charge in [0.15, 0.2) is 18.1 Å². The first-order valence-electron chi connectivity index (χ1n) is 5.12. The van der Waals surface area contributed by atoms with Crippen LogP contribution in [-0.4, -0.2) is 30.8 Å². The van der Waals surface area contributed by atoms with E-state index in [1.807, 2.05) is 5.32 Å². The van der Waals surface area contributed by atoms with Crippen LogP contribution in [0.1, 0.15) is 11.6 Å². The van der Waals surface area contributed by atoms with Gasteiger partial charge in [0.2, 0.25) is 0 Å². The number of alkyl carbamates (subject to hydrolysis) is 1. The van der Waals surface area contributed by atoms with Crippen LogP contribution in [-0.2, 0) is 4.74 Å². The Kier molecular flexibility index (Phi) is 2.98. The quantitative estimate of drug-likeness (QED) is 0.850. The summed E-state index contributed by atoms with van der Waals surface area (Å²) in [7, 11) is 1.31. The molecule has 1 amide bonds. The van der Waals surface area contributed by atoms with E-state index in [1.165, 1.54) is 25.3 Å². The lowest BCUT2D eigenvalue weighted by Gasteiger charge is -2.32. The van der Waals surface area contributed by atoms with Crippen molar-refractivity contribution in [2.75, 3.05) is 13.7 Å². The predicted octanol–water partition coefficient (Wildman–Crippen LogP) is 1.82. The number of carbonyl (C=O) groups excluding carboxylic acids is 1. The molecule has 98 valence electrons. The van der Waals surface area contributed by atoms with Gasteiger partial charge >= 0.3 is 12.0 Å². The molecule has 1 heterocycles. The Morgan fingerprint density at radius 2 is 2.28 bits per heavy atom. The lowest BCUT2D eigenvalue weighted by atomic mass is 9.99. The maximum atomic E-state index is 13.7. The molecule has 0 spiro atoms. The number of rotatable bonds is 2. The maximum absolute atomic E-state index is 13.7. The number of phenols is 1. The van der Waals surface area contributed by atoms with Gasteiger partial charge in [-0.1, -0.05) is 12.1 Å². The van der Waals surface area contributed by atoms with Crippen molar-refractivity contribution >= 4 is 6.09 Å². The first kappa shape index (κ1) is 12.4. The minimum Gasteiger partial charge on any atom is -0.504 e. The number of cyclic esters (lactones) is 1. The Hall–Kier alpha value is -2.05. The summed E-state index contributed by atoms with van der Waals surface area (Å²) in [5, 5.41) is 11.8. The molecule has 2 rings (SSSR count). The van der Waals surface area contributed by atoms with Gasteiger partial charge in [-0.2, -0.15) is 0 Å². The van der Waals surface area contributed by atoms with Crippen LogP contribution in [0.15, 0.2) is 18.2 Å². The molecule has 0 aromatic heterocycles. The number of nitrogens with one attached hydrogen (secondary N) is 1. The second-order valence-corrected chi connectivity index (χ2v) is 3.81. The van der Waals surface area contributed by atoms with Gasteiger partial charge < -0.3 is 19.9 Å². The van der Waals surface area contributed by atoms with E-state index in [0.29, 0.717) is 0 Å². The molecular weight excluding hydrogens is 248 g/mol. The summed E-state index contributed by atoms with van der Waals surface area (Å²) < 4.78 is 36.4. The average molecular weight is 259 g/mol. The van der Waals surface area contributed by atoms with Gasteiger partial charge in [-0.15, -0.1) is 0 Å². The van der Waals surface area contributed by atoms with Gasteiger partial charge in [0, 0.05) is 5.56 Å². The molecule has 0 radical (unpaired) electrons. The predicted molar refractivity (Wildman–Crippen MR) is 56.8 cm³/mol. The van der Waals surface area contributed by atoms with Crippen molar-refractivity contribution in [2.24, 2.45) is 0 Å². The summed E-state index contributed by atoms with van der Waals surface area (Å²) in [5.74, 6) is -3.67. The normalized spacial score (nSPS) is 21.9. The lowest BCUT2D eigenvalue weighted by molar-refractivity contribution is -0.104. The molecule has 0 aliphatic carbocycles. The van der Waals surface area contributed by atoms with Gasteiger partial charge in [-0.3, -0.25) is 0 Å². The third kappa shape index (κ3) is 2.03. The van der Waals surface area contributed by atoms with Crippen molar-refractivity contribution in [3.8, 4) is 11.5 Å². The zero-order chi connectivity index (χ0) is 13.3. The fourth-order valence-corrected chi connectivity index (χ4v) is 1.75. The van der Waals surface area contributed by atoms with Crippen LogP contribution in [0.2, 0.25) is 0 Å². The number of aromatic hydroxyl groups is 1. The Morgan fingerprint density at radius 1 is 1.56 bits per heavy atom. The van der Waals surface area contributed by atoms with E-state index >= 15 is 0 Å². The molecule has 1 atom stereocenters. The molecule has 2 N–H and O–H groups in total. The van der Waals surface area contributed by atoms with Gasteiger partial charge in [0.25, 0.3) is 0 Å². The van der Waals surface area contributed by atoms with Crippen LogP contribution in [0.3, 0.4) is 0 Å². The van der Waals surface area contributed by atoms with Crippen LogP contribution < -0.4 is 10.1 Å². The zero-order valence-corrected chi connectivity index (χ0v) is 9.44. The molecule has 1 aromatic carbocycles. The van der Waals surface area contributed by atoms with Crippen molar-refractivity contribution in [3.63, 3.8) is 0 Å². The molecule has 5 nitrogen and oxygen atoms in total. The number of hydrogen-bond acceptors (Lipinski definition) is 4. The van der Waals surface area contributed by atoms with Crippen molar-refractivity contribution in [3.05, 3.63) is 23.8 Å². The van der Waals surface area contributed by atoms with E-state index in [0.717, 1.165) is 0 Å². The highest BCUT2D eigenvalue weighted by atomic mass is 19.3. The van der Waals surface area contributed by atoms with Crippen molar-refractivity contribution in [1.82, 2.24) is 5.32 Å². The first-order chi connectivity index (χ1) is 8.45. The van der Waals surface area contributed by atoms with Gasteiger partial charge in [0.1, 0.15) is 6.04 Å². The molecular formula is C11H11F2NO4. The maximum Gasteiger partial charge on any atom is 0.408 e. The monoisotopic (exact) mass is 259 g/mol. The molecule has 0 saturated carbocycles. The number of carbonyl (C=O) groups is 1. The SMILES string of the molecule is COc1cccc([C@@H]2NC(=O)OCC2(F)F)c1O. The van der Waals surface area contributed by atoms with Crippen LogP contribution in [0.5, 0.6) is 11.5 Å². The van der Waals surface area contributed by atoms with Crippen LogP contribution in [0.25, 0.3) is 0 Å². The third-order valence-corrected chi connectivity index (χ3v) is 2.64. The fourth-order valence-electron chi connectivity index (χ4n) is 1.75. The number of hydrogen-bond donors (Lipinski definition) is 2. The summed E-state index contributed by atoms with van der Waals surface area (Å²) in [4.78, 5) is 11.0. The Balaban J connectivity index is 2.43. The van der Waals surface area contributed by atoms with Crippen LogP contribution in [0, 0.1) is 0 Å². The van der Waals surface area contributed by atoms with E-state index < -0.39 is 30.4 Å². The summed E-state index contributed by atoms with van der Waals surface area (Å²) in [6.07, 6.45) is -0.951. The summed E-state index contributed by atoms with van der Waals surface area (Å²) in [5.41, 5.74) is -0.115. The molecule has 0 unspecified atom stereocenters. The number of methoxy groups -OCH3 is 1. The topological polar surface area (TPSA) is 67.8 Å². The van der Waals surface area contributed by atoms with Crippen molar-refractivity contribution in [2.45, 2.75) is 12.0 Å². The second kappa shape index (κ2) is 4.32. The molecule has 1 saturated heterocycles. The Bertz CT molecular complexity index is 478. The molecule has 1 aliphatic rings. The highest BCUT2D eigenvalue weighted by Crippen LogP contribution is 2.41. The van der Waals surface area contributed by atoms with Gasteiger partial charge in [0.05, 0.1) is 7.11 Å². The second-order valence-electron chi connectivity index (χ2n) is 3.81. The van der Waals surface area contributed by atoms with Crippen LogP contribution >= 0.6 is 0 Å². The van der Waals surface area contributed by atoms with Gasteiger partial charge in [-0.05, 0) is 6.07 Å². The zero-order valence-electron chi connectivity index (χ0n) is 9.44. The molecule has 1 aliphatic heterocycles. The number of halogens is 2. The molecule has 18 heavy (non-hydrogen) atoms. The van der Waals surface area contributed by atoms with Gasteiger partial charge in [-0.25, -0.2) is 13.6 Å². The number of benzene rings is 1. The smallest absolute Gasteiger partial charge is 0.408 e. The summed E-state index contributed by atoms with van der Waals surface area (Å²) in [6, 6.07) is 2.53. The summed E-state index contributed by atoms with van der Waals surface area (Å²) >= 11 is 0. The van der Waals surface area contributed by atoms with Crippen molar-refractivity contribution in [1.29, 1.82) is 0 Å². The standard InChI is InChI=1S/C11H11F2NO4/c1-17-7-4-2-3-6(8(7)15)9-11(12,13)5-18-10(16)14-9/h2-4,9,15H,5H2,1H3,(H,14,16)/t9-/m0/s1. The summed E-state index contributed by atoms with van der Waals surface area (Å²) in [6.45, 7) is -1.03. The number of ether oxygens (including phenoxy) is 2. The van der Waals surface area contributed by atoms with Crippen LogP contribution in [0.4, 0.5) is 13.6 Å². The average Bonchev–Trinajstić information content (AvgIpc) is 2.33. The highest BCUT2D eigenvalue weighted by Gasteiger charge is 2.48. The lowest BCUT2D eigenvalue weighted by Crippen LogP contribution is -2.49. The minimum atomic E-state index is -3.31. The van der Waals surface area contributed by atoms with E-state index in [-0.39, 0.29) is 11.3 Å². The van der Waals surface area contributed by atoms with E-state index in [2.05, 4.69) is 4.74 Å². The third-order valence-electron chi connectivity index (χ3n) is 2.64. The molecule has 1 fully saturated rings. The minimum absolute atomic E-state index is 0.0593. The van der Waals surface area contributed by atoms with Crippen molar-refractivity contribution < 1.29 is 28.2 Å². The molecule has 7 heteroatoms. The fraction of sp³-hybridized carbons (Fsp3) is 0.364. The largest absolute Gasteiger partial charge is 0.504 e. The Morgan fingerprint density at radius 3 is 2.94 bits per heavy atom. The highest BCUT2D eigenvalue weighted by molar-refractivity contribution is 5.69. The van der Waals surface area contributed by atoms with E-state index in [1.54, 1.807) is 0 Å². The number of alkyl halides is 2. The molecule has 1 aromatic rings. The number of amides is 1. The Labute approximate surface area is 101 Å². The first-order valence-corrected chi connectivity index (χ1v) is 5.12. The number of para-hydroxylation sites is 1. The van der Waals surface area contributed by atoms with E-state index in [4.69, 9.17) is 4.74 Å².